The third-order valence-electron chi connectivity index (χ3n) is 2.03. The number of amidine groups is 1. The van der Waals surface area contributed by atoms with Crippen molar-refractivity contribution in [2.45, 2.75) is 26.7 Å². The van der Waals surface area contributed by atoms with Gasteiger partial charge in [-0.2, -0.15) is 0 Å². The van der Waals surface area contributed by atoms with E-state index in [1.165, 1.54) is 0 Å². The zero-order valence-corrected chi connectivity index (χ0v) is 6.78. The maximum absolute atomic E-state index is 7.28. The van der Waals surface area contributed by atoms with Crippen molar-refractivity contribution in [3.05, 3.63) is 12.7 Å². The Labute approximate surface area is 62.6 Å². The van der Waals surface area contributed by atoms with Gasteiger partial charge in [0.05, 0.1) is 5.84 Å². The SMILES string of the molecule is C=CCC(C)(CC)C(=N)N. The third kappa shape index (κ3) is 1.87. The summed E-state index contributed by atoms with van der Waals surface area (Å²) in [5, 5.41) is 7.28. The number of hydrogen-bond acceptors (Lipinski definition) is 1. The summed E-state index contributed by atoms with van der Waals surface area (Å²) in [5.41, 5.74) is 5.24. The first-order chi connectivity index (χ1) is 4.56. The average Bonchev–Trinajstić information content (AvgIpc) is 1.88. The summed E-state index contributed by atoms with van der Waals surface area (Å²) in [4.78, 5) is 0. The molecular formula is C8H16N2. The Hall–Kier alpha value is -0.790. The van der Waals surface area contributed by atoms with Crippen LogP contribution in [0.5, 0.6) is 0 Å². The summed E-state index contributed by atoms with van der Waals surface area (Å²) in [6.07, 6.45) is 3.50. The molecule has 0 aliphatic carbocycles. The first-order valence-corrected chi connectivity index (χ1v) is 3.52. The molecule has 0 aromatic heterocycles. The molecule has 0 heterocycles. The van der Waals surface area contributed by atoms with Gasteiger partial charge in [-0.25, -0.2) is 0 Å². The van der Waals surface area contributed by atoms with Crippen LogP contribution in [0.3, 0.4) is 0 Å². The summed E-state index contributed by atoms with van der Waals surface area (Å²) < 4.78 is 0. The van der Waals surface area contributed by atoms with Gasteiger partial charge in [0.15, 0.2) is 0 Å². The van der Waals surface area contributed by atoms with Gasteiger partial charge in [0.25, 0.3) is 0 Å². The van der Waals surface area contributed by atoms with Gasteiger partial charge in [0.2, 0.25) is 0 Å². The van der Waals surface area contributed by atoms with Crippen molar-refractivity contribution in [2.75, 3.05) is 0 Å². The summed E-state index contributed by atoms with van der Waals surface area (Å²) >= 11 is 0. The molecule has 58 valence electrons. The lowest BCUT2D eigenvalue weighted by molar-refractivity contribution is 0.449. The normalized spacial score (nSPS) is 15.8. The summed E-state index contributed by atoms with van der Waals surface area (Å²) in [7, 11) is 0. The molecule has 10 heavy (non-hydrogen) atoms. The molecule has 0 aliphatic rings. The second-order valence-electron chi connectivity index (χ2n) is 2.82. The molecule has 3 N–H and O–H groups in total. The van der Waals surface area contributed by atoms with Crippen LogP contribution in [0.4, 0.5) is 0 Å². The second-order valence-corrected chi connectivity index (χ2v) is 2.82. The van der Waals surface area contributed by atoms with Crippen molar-refractivity contribution in [1.29, 1.82) is 5.41 Å². The Morgan fingerprint density at radius 3 is 2.40 bits per heavy atom. The lowest BCUT2D eigenvalue weighted by Crippen LogP contribution is -2.32. The first kappa shape index (κ1) is 9.21. The minimum Gasteiger partial charge on any atom is -0.387 e. The maximum Gasteiger partial charge on any atom is 0.0968 e. The molecule has 0 aromatic carbocycles. The van der Waals surface area contributed by atoms with Gasteiger partial charge in [0.1, 0.15) is 0 Å². The Morgan fingerprint density at radius 1 is 1.80 bits per heavy atom. The molecule has 1 unspecified atom stereocenters. The third-order valence-corrected chi connectivity index (χ3v) is 2.03. The smallest absolute Gasteiger partial charge is 0.0968 e. The fraction of sp³-hybridized carbons (Fsp3) is 0.625. The molecule has 0 aliphatic heterocycles. The molecule has 0 rings (SSSR count). The van der Waals surface area contributed by atoms with Gasteiger partial charge in [0, 0.05) is 5.41 Å². The highest BCUT2D eigenvalue weighted by Crippen LogP contribution is 2.25. The van der Waals surface area contributed by atoms with E-state index in [4.69, 9.17) is 11.1 Å². The molecule has 0 fully saturated rings. The average molecular weight is 140 g/mol. The minimum atomic E-state index is -0.165. The molecule has 1 atom stereocenters. The van der Waals surface area contributed by atoms with Gasteiger partial charge >= 0.3 is 0 Å². The van der Waals surface area contributed by atoms with Gasteiger partial charge < -0.3 is 5.73 Å². The quantitative estimate of drug-likeness (QED) is 0.350. The number of nitrogens with two attached hydrogens (primary N) is 1. The van der Waals surface area contributed by atoms with Crippen LogP contribution < -0.4 is 5.73 Å². The minimum absolute atomic E-state index is 0.165. The predicted molar refractivity (Wildman–Crippen MR) is 45.1 cm³/mol. The van der Waals surface area contributed by atoms with Crippen molar-refractivity contribution in [3.63, 3.8) is 0 Å². The van der Waals surface area contributed by atoms with Crippen LogP contribution in [-0.4, -0.2) is 5.84 Å². The largest absolute Gasteiger partial charge is 0.387 e. The highest BCUT2D eigenvalue weighted by Gasteiger charge is 2.23. The van der Waals surface area contributed by atoms with Crippen molar-refractivity contribution >= 4 is 5.84 Å². The molecule has 0 aromatic rings. The Bertz CT molecular complexity index is 140. The molecule has 0 saturated carbocycles. The first-order valence-electron chi connectivity index (χ1n) is 3.52. The second kappa shape index (κ2) is 3.40. The standard InChI is InChI=1S/C8H16N2/c1-4-6-8(3,5-2)7(9)10/h4H,1,5-6H2,2-3H3,(H3,9,10). The van der Waals surface area contributed by atoms with E-state index in [1.54, 1.807) is 0 Å². The number of allylic oxidation sites excluding steroid dienone is 1. The Kier molecular flexibility index (Phi) is 3.13. The van der Waals surface area contributed by atoms with Crippen molar-refractivity contribution < 1.29 is 0 Å². The zero-order chi connectivity index (χ0) is 8.20. The van der Waals surface area contributed by atoms with Gasteiger partial charge in [-0.3, -0.25) is 5.41 Å². The van der Waals surface area contributed by atoms with Gasteiger partial charge in [-0.15, -0.1) is 6.58 Å². The Morgan fingerprint density at radius 2 is 2.30 bits per heavy atom. The highest BCUT2D eigenvalue weighted by molar-refractivity contribution is 5.83. The molecule has 0 radical (unpaired) electrons. The molecule has 0 spiro atoms. The highest BCUT2D eigenvalue weighted by atomic mass is 14.7. The van der Waals surface area contributed by atoms with Crippen LogP contribution in [0.15, 0.2) is 12.7 Å². The lowest BCUT2D eigenvalue weighted by Gasteiger charge is -2.24. The summed E-state index contributed by atoms with van der Waals surface area (Å²) in [6.45, 7) is 7.64. The van der Waals surface area contributed by atoms with Crippen molar-refractivity contribution in [1.82, 2.24) is 0 Å². The molecule has 0 bridgehead atoms. The summed E-state index contributed by atoms with van der Waals surface area (Å²) in [5.74, 6) is 0.259. The van der Waals surface area contributed by atoms with E-state index in [0.29, 0.717) is 0 Å². The van der Waals surface area contributed by atoms with E-state index in [-0.39, 0.29) is 11.3 Å². The number of rotatable bonds is 4. The maximum atomic E-state index is 7.28. The molecule has 2 heteroatoms. The fourth-order valence-electron chi connectivity index (χ4n) is 0.763. The van der Waals surface area contributed by atoms with Crippen LogP contribution in [0.25, 0.3) is 0 Å². The molecular weight excluding hydrogens is 124 g/mol. The molecule has 0 saturated heterocycles. The summed E-state index contributed by atoms with van der Waals surface area (Å²) in [6, 6.07) is 0. The van der Waals surface area contributed by atoms with E-state index in [9.17, 15) is 0 Å². The van der Waals surface area contributed by atoms with E-state index in [1.807, 2.05) is 19.9 Å². The van der Waals surface area contributed by atoms with Crippen LogP contribution in [0, 0.1) is 10.8 Å². The number of nitrogens with one attached hydrogen (secondary N) is 1. The Balaban J connectivity index is 4.21. The zero-order valence-electron chi connectivity index (χ0n) is 6.78. The van der Waals surface area contributed by atoms with Gasteiger partial charge in [-0.1, -0.05) is 19.9 Å². The van der Waals surface area contributed by atoms with Crippen LogP contribution in [-0.2, 0) is 0 Å². The van der Waals surface area contributed by atoms with Crippen LogP contribution in [0.2, 0.25) is 0 Å². The van der Waals surface area contributed by atoms with Crippen molar-refractivity contribution in [3.8, 4) is 0 Å². The monoisotopic (exact) mass is 140 g/mol. The van der Waals surface area contributed by atoms with E-state index in [0.717, 1.165) is 12.8 Å². The van der Waals surface area contributed by atoms with Crippen molar-refractivity contribution in [2.24, 2.45) is 11.1 Å². The lowest BCUT2D eigenvalue weighted by atomic mass is 9.83. The van der Waals surface area contributed by atoms with E-state index in [2.05, 4.69) is 6.58 Å². The predicted octanol–water partition coefficient (Wildman–Crippen LogP) is 1.91. The molecule has 2 nitrogen and oxygen atoms in total. The number of hydrogen-bond donors (Lipinski definition) is 2. The van der Waals surface area contributed by atoms with Gasteiger partial charge in [-0.05, 0) is 12.8 Å². The van der Waals surface area contributed by atoms with Crippen LogP contribution >= 0.6 is 0 Å². The van der Waals surface area contributed by atoms with E-state index < -0.39 is 0 Å². The topological polar surface area (TPSA) is 49.9 Å². The fourth-order valence-corrected chi connectivity index (χ4v) is 0.763. The van der Waals surface area contributed by atoms with E-state index >= 15 is 0 Å². The molecule has 0 amide bonds. The van der Waals surface area contributed by atoms with Crippen LogP contribution in [0.1, 0.15) is 26.7 Å².